The Morgan fingerprint density at radius 2 is 1.68 bits per heavy atom. The largest absolute Gasteiger partial charge is 0.481 e. The number of hydrogen-bond donors (Lipinski definition) is 1. The molecule has 1 saturated carbocycles. The number of hydrogen-bond acceptors (Lipinski definition) is 3. The van der Waals surface area contributed by atoms with E-state index in [0.29, 0.717) is 32.2 Å². The topological polar surface area (TPSA) is 74.7 Å². The van der Waals surface area contributed by atoms with E-state index in [0.717, 1.165) is 25.7 Å². The van der Waals surface area contributed by atoms with Crippen molar-refractivity contribution in [1.29, 1.82) is 0 Å². The van der Waals surface area contributed by atoms with Gasteiger partial charge in [0, 0.05) is 25.8 Å². The zero-order valence-corrected chi connectivity index (χ0v) is 11.2. The highest BCUT2D eigenvalue weighted by atomic mass is 16.4. The Morgan fingerprint density at radius 3 is 2.21 bits per heavy atom. The van der Waals surface area contributed by atoms with E-state index >= 15 is 0 Å². The summed E-state index contributed by atoms with van der Waals surface area (Å²) in [4.78, 5) is 35.9. The van der Waals surface area contributed by atoms with Crippen molar-refractivity contribution < 1.29 is 19.5 Å². The Balaban J connectivity index is 1.84. The summed E-state index contributed by atoms with van der Waals surface area (Å²) < 4.78 is 0. The van der Waals surface area contributed by atoms with Gasteiger partial charge in [0.1, 0.15) is 0 Å². The van der Waals surface area contributed by atoms with Crippen LogP contribution in [0.3, 0.4) is 0 Å². The second-order valence-corrected chi connectivity index (χ2v) is 5.85. The van der Waals surface area contributed by atoms with E-state index in [-0.39, 0.29) is 23.7 Å². The fourth-order valence-electron chi connectivity index (χ4n) is 3.31. The van der Waals surface area contributed by atoms with Crippen molar-refractivity contribution in [3.63, 3.8) is 0 Å². The predicted octanol–water partition coefficient (Wildman–Crippen LogP) is 1.95. The molecule has 0 radical (unpaired) electrons. The molecule has 5 nitrogen and oxygen atoms in total. The number of unbranched alkanes of at least 4 members (excludes halogenated alkanes) is 1. The standard InChI is InChI=1S/C14H21NO4/c16-11-9-14(6-2-3-7-14)10-12(17)15(11)8-4-1-5-13(18)19/h1-10H2,(H,18,19). The highest BCUT2D eigenvalue weighted by Gasteiger charge is 2.44. The van der Waals surface area contributed by atoms with Crippen LogP contribution in [0.25, 0.3) is 0 Å². The van der Waals surface area contributed by atoms with Crippen LogP contribution in [0.4, 0.5) is 0 Å². The van der Waals surface area contributed by atoms with Gasteiger partial charge in [-0.25, -0.2) is 0 Å². The highest BCUT2D eigenvalue weighted by molar-refractivity contribution is 5.98. The number of aliphatic carboxylic acids is 1. The Labute approximate surface area is 113 Å². The first-order valence-electron chi connectivity index (χ1n) is 7.07. The molecule has 106 valence electrons. The van der Waals surface area contributed by atoms with Gasteiger partial charge in [0.25, 0.3) is 0 Å². The zero-order chi connectivity index (χ0) is 13.9. The van der Waals surface area contributed by atoms with E-state index in [1.54, 1.807) is 0 Å². The molecule has 0 aromatic heterocycles. The van der Waals surface area contributed by atoms with Crippen molar-refractivity contribution >= 4 is 17.8 Å². The monoisotopic (exact) mass is 267 g/mol. The number of likely N-dealkylation sites (tertiary alicyclic amines) is 1. The predicted molar refractivity (Wildman–Crippen MR) is 68.3 cm³/mol. The minimum Gasteiger partial charge on any atom is -0.481 e. The van der Waals surface area contributed by atoms with Crippen LogP contribution in [0.2, 0.25) is 0 Å². The molecule has 1 spiro atoms. The summed E-state index contributed by atoms with van der Waals surface area (Å²) in [7, 11) is 0. The first-order valence-corrected chi connectivity index (χ1v) is 7.07. The molecule has 0 aromatic carbocycles. The van der Waals surface area contributed by atoms with Crippen LogP contribution in [0.5, 0.6) is 0 Å². The number of imide groups is 1. The van der Waals surface area contributed by atoms with Crippen molar-refractivity contribution in [2.75, 3.05) is 6.54 Å². The van der Waals surface area contributed by atoms with Gasteiger partial charge in [0.05, 0.1) is 0 Å². The van der Waals surface area contributed by atoms with Crippen LogP contribution in [-0.2, 0) is 14.4 Å². The Kier molecular flexibility index (Phi) is 4.22. The number of carbonyl (C=O) groups excluding carboxylic acids is 2. The lowest BCUT2D eigenvalue weighted by Crippen LogP contribution is -2.47. The normalized spacial score (nSPS) is 22.2. The van der Waals surface area contributed by atoms with Crippen LogP contribution >= 0.6 is 0 Å². The molecule has 0 bridgehead atoms. The smallest absolute Gasteiger partial charge is 0.303 e. The fourth-order valence-corrected chi connectivity index (χ4v) is 3.31. The van der Waals surface area contributed by atoms with Crippen molar-refractivity contribution in [3.8, 4) is 0 Å². The van der Waals surface area contributed by atoms with Gasteiger partial charge in [0.2, 0.25) is 11.8 Å². The summed E-state index contributed by atoms with van der Waals surface area (Å²) in [5, 5.41) is 8.55. The van der Waals surface area contributed by atoms with Gasteiger partial charge in [-0.3, -0.25) is 19.3 Å². The number of piperidine rings is 1. The second kappa shape index (κ2) is 5.72. The van der Waals surface area contributed by atoms with Crippen molar-refractivity contribution in [3.05, 3.63) is 0 Å². The van der Waals surface area contributed by atoms with Crippen LogP contribution in [0.1, 0.15) is 57.8 Å². The molecule has 2 amide bonds. The maximum absolute atomic E-state index is 12.1. The Hall–Kier alpha value is -1.39. The van der Waals surface area contributed by atoms with Crippen LogP contribution in [0.15, 0.2) is 0 Å². The van der Waals surface area contributed by atoms with Gasteiger partial charge in [-0.05, 0) is 31.1 Å². The second-order valence-electron chi connectivity index (χ2n) is 5.85. The molecule has 2 aliphatic rings. The van der Waals surface area contributed by atoms with Crippen molar-refractivity contribution in [2.24, 2.45) is 5.41 Å². The third-order valence-electron chi connectivity index (χ3n) is 4.34. The fraction of sp³-hybridized carbons (Fsp3) is 0.786. The molecular formula is C14H21NO4. The molecule has 19 heavy (non-hydrogen) atoms. The average Bonchev–Trinajstić information content (AvgIpc) is 2.74. The molecule has 2 fully saturated rings. The molecular weight excluding hydrogens is 246 g/mol. The first kappa shape index (κ1) is 14.0. The molecule has 5 heteroatoms. The lowest BCUT2D eigenvalue weighted by Gasteiger charge is -2.37. The van der Waals surface area contributed by atoms with Crippen LogP contribution < -0.4 is 0 Å². The first-order chi connectivity index (χ1) is 9.02. The number of carboxylic acid groups (broad SMARTS) is 1. The maximum atomic E-state index is 12.1. The number of nitrogens with zero attached hydrogens (tertiary/aromatic N) is 1. The van der Waals surface area contributed by atoms with Gasteiger partial charge in [-0.1, -0.05) is 12.8 Å². The van der Waals surface area contributed by atoms with Crippen molar-refractivity contribution in [2.45, 2.75) is 57.8 Å². The molecule has 1 N–H and O–H groups in total. The lowest BCUT2D eigenvalue weighted by atomic mass is 9.76. The lowest BCUT2D eigenvalue weighted by molar-refractivity contribution is -0.153. The Bertz CT molecular complexity index is 365. The van der Waals surface area contributed by atoms with E-state index in [1.165, 1.54) is 4.90 Å². The minimum absolute atomic E-state index is 0.0499. The number of rotatable bonds is 5. The SMILES string of the molecule is O=C(O)CCCCN1C(=O)CC2(CCCC2)CC1=O. The van der Waals surface area contributed by atoms with Crippen LogP contribution in [0, 0.1) is 5.41 Å². The van der Waals surface area contributed by atoms with Gasteiger partial charge < -0.3 is 5.11 Å². The molecule has 1 aliphatic heterocycles. The van der Waals surface area contributed by atoms with Gasteiger partial charge in [0.15, 0.2) is 0 Å². The number of carboxylic acids is 1. The third-order valence-corrected chi connectivity index (χ3v) is 4.34. The molecule has 1 heterocycles. The van der Waals surface area contributed by atoms with Crippen LogP contribution in [-0.4, -0.2) is 34.3 Å². The molecule has 0 unspecified atom stereocenters. The van der Waals surface area contributed by atoms with E-state index in [9.17, 15) is 14.4 Å². The van der Waals surface area contributed by atoms with E-state index in [4.69, 9.17) is 5.11 Å². The highest BCUT2D eigenvalue weighted by Crippen LogP contribution is 2.46. The average molecular weight is 267 g/mol. The summed E-state index contributed by atoms with van der Waals surface area (Å²) in [5.41, 5.74) is -0.0499. The van der Waals surface area contributed by atoms with E-state index < -0.39 is 5.97 Å². The third kappa shape index (κ3) is 3.33. The molecule has 1 saturated heterocycles. The summed E-state index contributed by atoms with van der Waals surface area (Å²) in [6.07, 6.45) is 6.43. The van der Waals surface area contributed by atoms with E-state index in [2.05, 4.69) is 0 Å². The molecule has 0 atom stereocenters. The quantitative estimate of drug-likeness (QED) is 0.610. The summed E-state index contributed by atoms with van der Waals surface area (Å²) in [5.74, 6) is -0.955. The van der Waals surface area contributed by atoms with Crippen molar-refractivity contribution in [1.82, 2.24) is 4.90 Å². The minimum atomic E-state index is -0.832. The molecule has 0 aromatic rings. The maximum Gasteiger partial charge on any atom is 0.303 e. The van der Waals surface area contributed by atoms with E-state index in [1.807, 2.05) is 0 Å². The Morgan fingerprint density at radius 1 is 1.11 bits per heavy atom. The molecule has 2 rings (SSSR count). The van der Waals surface area contributed by atoms with Gasteiger partial charge in [-0.15, -0.1) is 0 Å². The summed E-state index contributed by atoms with van der Waals surface area (Å²) >= 11 is 0. The molecule has 1 aliphatic carbocycles. The summed E-state index contributed by atoms with van der Waals surface area (Å²) in [6, 6.07) is 0. The summed E-state index contributed by atoms with van der Waals surface area (Å²) in [6.45, 7) is 0.376. The van der Waals surface area contributed by atoms with Gasteiger partial charge >= 0.3 is 5.97 Å². The number of carbonyl (C=O) groups is 3. The zero-order valence-electron chi connectivity index (χ0n) is 11.2. The van der Waals surface area contributed by atoms with Gasteiger partial charge in [-0.2, -0.15) is 0 Å². The number of amides is 2.